The van der Waals surface area contributed by atoms with Gasteiger partial charge in [0, 0.05) is 24.9 Å². The maximum Gasteiger partial charge on any atom is 0.309 e. The second kappa shape index (κ2) is 10.3. The molecule has 0 radical (unpaired) electrons. The van der Waals surface area contributed by atoms with Crippen LogP contribution in [0.2, 0.25) is 0 Å². The number of carboxylic acid groups (broad SMARTS) is 1. The van der Waals surface area contributed by atoms with E-state index in [-0.39, 0.29) is 25.2 Å². The third kappa shape index (κ3) is 8.09. The zero-order chi connectivity index (χ0) is 19.9. The summed E-state index contributed by atoms with van der Waals surface area (Å²) in [5, 5.41) is 22.2. The van der Waals surface area contributed by atoms with E-state index in [0.717, 1.165) is 31.2 Å². The number of carboxylic acids is 1. The SMILES string of the molecule is CC(NC[C@@H](O)CP(=O)(O)CC1CCCCC1)c1ccnc(CC(=O)O)c1. The fourth-order valence-electron chi connectivity index (χ4n) is 3.69. The summed E-state index contributed by atoms with van der Waals surface area (Å²) in [7, 11) is -3.34. The Labute approximate surface area is 160 Å². The normalized spacial score (nSPS) is 20.0. The lowest BCUT2D eigenvalue weighted by Crippen LogP contribution is -2.32. The predicted octanol–water partition coefficient (Wildman–Crippen LogP) is 2.57. The van der Waals surface area contributed by atoms with Crippen LogP contribution in [0.15, 0.2) is 18.3 Å². The molecule has 0 amide bonds. The quantitative estimate of drug-likeness (QED) is 0.447. The van der Waals surface area contributed by atoms with Crippen LogP contribution in [0.5, 0.6) is 0 Å². The molecular weight excluding hydrogens is 367 g/mol. The van der Waals surface area contributed by atoms with Gasteiger partial charge in [0.15, 0.2) is 0 Å². The van der Waals surface area contributed by atoms with Crippen molar-refractivity contribution in [2.24, 2.45) is 5.92 Å². The number of hydrogen-bond donors (Lipinski definition) is 4. The minimum atomic E-state index is -3.34. The Balaban J connectivity index is 1.80. The zero-order valence-corrected chi connectivity index (χ0v) is 16.8. The van der Waals surface area contributed by atoms with Gasteiger partial charge in [-0.1, -0.05) is 19.3 Å². The minimum Gasteiger partial charge on any atom is -0.481 e. The number of aliphatic hydroxyl groups excluding tert-OH is 1. The van der Waals surface area contributed by atoms with Crippen molar-refractivity contribution >= 4 is 13.3 Å². The molecule has 2 rings (SSSR count). The van der Waals surface area contributed by atoms with Gasteiger partial charge in [0.25, 0.3) is 0 Å². The van der Waals surface area contributed by atoms with E-state index in [1.54, 1.807) is 18.3 Å². The Bertz CT molecular complexity index is 663. The Kier molecular flexibility index (Phi) is 8.42. The molecule has 1 aliphatic carbocycles. The fourth-order valence-corrected chi connectivity index (χ4v) is 5.80. The highest BCUT2D eigenvalue weighted by Gasteiger charge is 2.28. The van der Waals surface area contributed by atoms with E-state index in [2.05, 4.69) is 10.3 Å². The summed E-state index contributed by atoms with van der Waals surface area (Å²) < 4.78 is 12.5. The fraction of sp³-hybridized carbons (Fsp3) is 0.684. The summed E-state index contributed by atoms with van der Waals surface area (Å²) in [6, 6.07) is 3.37. The van der Waals surface area contributed by atoms with Crippen LogP contribution in [0.3, 0.4) is 0 Å². The van der Waals surface area contributed by atoms with Gasteiger partial charge < -0.3 is 20.4 Å². The predicted molar refractivity (Wildman–Crippen MR) is 104 cm³/mol. The van der Waals surface area contributed by atoms with E-state index in [1.165, 1.54) is 6.42 Å². The first kappa shape index (κ1) is 22.0. The molecule has 0 saturated heterocycles. The molecule has 0 spiro atoms. The molecule has 0 aromatic carbocycles. The van der Waals surface area contributed by atoms with Gasteiger partial charge in [0.2, 0.25) is 7.37 Å². The molecule has 1 aliphatic rings. The molecule has 1 aromatic rings. The average Bonchev–Trinajstić information content (AvgIpc) is 2.59. The van der Waals surface area contributed by atoms with Crippen LogP contribution in [0.1, 0.15) is 56.3 Å². The lowest BCUT2D eigenvalue weighted by atomic mass is 9.91. The van der Waals surface area contributed by atoms with E-state index >= 15 is 0 Å². The number of aliphatic hydroxyl groups is 1. The van der Waals surface area contributed by atoms with Gasteiger partial charge in [-0.2, -0.15) is 0 Å². The first-order chi connectivity index (χ1) is 12.7. The summed E-state index contributed by atoms with van der Waals surface area (Å²) >= 11 is 0. The monoisotopic (exact) mass is 398 g/mol. The number of hydrogen-bond acceptors (Lipinski definition) is 5. The van der Waals surface area contributed by atoms with E-state index in [9.17, 15) is 19.4 Å². The van der Waals surface area contributed by atoms with E-state index in [1.807, 2.05) is 6.92 Å². The summed E-state index contributed by atoms with van der Waals surface area (Å²) in [5.41, 5.74) is 1.34. The average molecular weight is 398 g/mol. The molecule has 1 heterocycles. The lowest BCUT2D eigenvalue weighted by Gasteiger charge is -2.25. The maximum atomic E-state index is 12.5. The smallest absolute Gasteiger partial charge is 0.309 e. The Morgan fingerprint density at radius 2 is 2.07 bits per heavy atom. The third-order valence-electron chi connectivity index (χ3n) is 5.10. The molecule has 1 fully saturated rings. The second-order valence-electron chi connectivity index (χ2n) is 7.65. The van der Waals surface area contributed by atoms with Crippen LogP contribution in [-0.4, -0.2) is 51.0 Å². The van der Waals surface area contributed by atoms with Crippen molar-refractivity contribution in [2.75, 3.05) is 18.9 Å². The molecule has 4 N–H and O–H groups in total. The molecule has 3 atom stereocenters. The van der Waals surface area contributed by atoms with Crippen molar-refractivity contribution in [3.8, 4) is 0 Å². The molecule has 8 heteroatoms. The number of nitrogens with zero attached hydrogens (tertiary/aromatic N) is 1. The highest BCUT2D eigenvalue weighted by atomic mass is 31.2. The summed E-state index contributed by atoms with van der Waals surface area (Å²) in [4.78, 5) is 25.1. The summed E-state index contributed by atoms with van der Waals surface area (Å²) in [6.45, 7) is 2.10. The summed E-state index contributed by atoms with van der Waals surface area (Å²) in [6.07, 6.45) is 6.22. The molecule has 0 aliphatic heterocycles. The van der Waals surface area contributed by atoms with Gasteiger partial charge in [-0.05, 0) is 43.4 Å². The number of aromatic nitrogens is 1. The largest absolute Gasteiger partial charge is 0.481 e. The van der Waals surface area contributed by atoms with Gasteiger partial charge >= 0.3 is 5.97 Å². The van der Waals surface area contributed by atoms with Gasteiger partial charge in [-0.15, -0.1) is 0 Å². The minimum absolute atomic E-state index is 0.0934. The Hall–Kier alpha value is -1.27. The first-order valence-corrected chi connectivity index (χ1v) is 11.7. The summed E-state index contributed by atoms with van der Waals surface area (Å²) in [5.74, 6) is -0.634. The van der Waals surface area contributed by atoms with Crippen molar-refractivity contribution < 1.29 is 24.5 Å². The van der Waals surface area contributed by atoms with Crippen molar-refractivity contribution in [1.29, 1.82) is 0 Å². The highest BCUT2D eigenvalue weighted by molar-refractivity contribution is 7.58. The van der Waals surface area contributed by atoms with Crippen LogP contribution in [0.4, 0.5) is 0 Å². The lowest BCUT2D eigenvalue weighted by molar-refractivity contribution is -0.136. The molecule has 7 nitrogen and oxygen atoms in total. The zero-order valence-electron chi connectivity index (χ0n) is 15.9. The number of rotatable bonds is 10. The highest BCUT2D eigenvalue weighted by Crippen LogP contribution is 2.45. The number of aliphatic carboxylic acids is 1. The Morgan fingerprint density at radius 1 is 1.37 bits per heavy atom. The first-order valence-electron chi connectivity index (χ1n) is 9.64. The molecule has 152 valence electrons. The maximum absolute atomic E-state index is 12.5. The van der Waals surface area contributed by atoms with Gasteiger partial charge in [-0.25, -0.2) is 0 Å². The van der Waals surface area contributed by atoms with Gasteiger partial charge in [0.05, 0.1) is 24.4 Å². The number of pyridine rings is 1. The molecule has 2 unspecified atom stereocenters. The second-order valence-corrected chi connectivity index (χ2v) is 10.1. The van der Waals surface area contributed by atoms with Crippen molar-refractivity contribution in [3.05, 3.63) is 29.6 Å². The van der Waals surface area contributed by atoms with Crippen molar-refractivity contribution in [2.45, 2.75) is 57.6 Å². The van der Waals surface area contributed by atoms with Gasteiger partial charge in [0.1, 0.15) is 0 Å². The molecule has 1 saturated carbocycles. The molecular formula is C19H31N2O5P. The van der Waals surface area contributed by atoms with Crippen LogP contribution in [-0.2, 0) is 15.8 Å². The third-order valence-corrected chi connectivity index (χ3v) is 7.18. The molecule has 27 heavy (non-hydrogen) atoms. The number of nitrogens with one attached hydrogen (secondary N) is 1. The standard InChI is InChI=1S/C19H31N2O5P/c1-14(16-7-8-20-17(9-16)10-19(23)24)21-11-18(22)13-27(25,26)12-15-5-3-2-4-6-15/h7-9,14-15,18,21-22H,2-6,10-13H2,1H3,(H,23,24)(H,25,26)/t14?,18-/m1/s1. The molecule has 1 aromatic heterocycles. The van der Waals surface area contributed by atoms with E-state index < -0.39 is 19.4 Å². The Morgan fingerprint density at radius 3 is 2.74 bits per heavy atom. The van der Waals surface area contributed by atoms with E-state index in [4.69, 9.17) is 5.11 Å². The van der Waals surface area contributed by atoms with Gasteiger partial charge in [-0.3, -0.25) is 14.3 Å². The van der Waals surface area contributed by atoms with E-state index in [0.29, 0.717) is 17.8 Å². The topological polar surface area (TPSA) is 120 Å². The van der Waals surface area contributed by atoms with Crippen molar-refractivity contribution in [1.82, 2.24) is 10.3 Å². The van der Waals surface area contributed by atoms with Crippen molar-refractivity contribution in [3.63, 3.8) is 0 Å². The number of carbonyl (C=O) groups is 1. The van der Waals surface area contributed by atoms with Crippen LogP contribution in [0, 0.1) is 5.92 Å². The van der Waals surface area contributed by atoms with Crippen LogP contribution >= 0.6 is 7.37 Å². The van der Waals surface area contributed by atoms with Crippen LogP contribution in [0.25, 0.3) is 0 Å². The van der Waals surface area contributed by atoms with Crippen LogP contribution < -0.4 is 5.32 Å². The molecule has 0 bridgehead atoms.